The average molecular weight is 266 g/mol. The van der Waals surface area contributed by atoms with Crippen LogP contribution in [0.1, 0.15) is 5.56 Å². The van der Waals surface area contributed by atoms with Gasteiger partial charge < -0.3 is 10.5 Å². The van der Waals surface area contributed by atoms with Gasteiger partial charge in [-0.05, 0) is 23.8 Å². The van der Waals surface area contributed by atoms with Crippen molar-refractivity contribution >= 4 is 16.7 Å². The molecule has 5 nitrogen and oxygen atoms in total. The highest BCUT2D eigenvalue weighted by Crippen LogP contribution is 2.13. The second kappa shape index (κ2) is 5.52. The molecule has 1 aromatic heterocycles. The first-order valence-electron chi connectivity index (χ1n) is 6.38. The fraction of sp³-hybridized carbons (Fsp3) is 0.133. The molecule has 0 aliphatic rings. The molecule has 0 bridgehead atoms. The van der Waals surface area contributed by atoms with E-state index in [0.717, 1.165) is 22.3 Å². The van der Waals surface area contributed by atoms with E-state index in [1.807, 2.05) is 48.5 Å². The molecule has 100 valence electrons. The van der Waals surface area contributed by atoms with Gasteiger partial charge >= 0.3 is 6.01 Å². The second-order valence-corrected chi connectivity index (χ2v) is 4.38. The molecule has 0 saturated heterocycles. The topological polar surface area (TPSA) is 73.9 Å². The zero-order chi connectivity index (χ0) is 13.8. The van der Waals surface area contributed by atoms with Crippen molar-refractivity contribution in [3.8, 4) is 6.01 Å². The lowest BCUT2D eigenvalue weighted by Crippen LogP contribution is -2.06. The third-order valence-electron chi connectivity index (χ3n) is 3.00. The Morgan fingerprint density at radius 2 is 1.65 bits per heavy atom. The zero-order valence-corrected chi connectivity index (χ0v) is 10.9. The van der Waals surface area contributed by atoms with Crippen molar-refractivity contribution in [3.63, 3.8) is 0 Å². The maximum Gasteiger partial charge on any atom is 0.336 e. The molecular weight excluding hydrogens is 252 g/mol. The van der Waals surface area contributed by atoms with Crippen LogP contribution in [-0.2, 0) is 6.42 Å². The second-order valence-electron chi connectivity index (χ2n) is 4.38. The van der Waals surface area contributed by atoms with Crippen LogP contribution < -0.4 is 10.5 Å². The molecule has 0 unspecified atom stereocenters. The molecule has 0 fully saturated rings. The third kappa shape index (κ3) is 2.66. The van der Waals surface area contributed by atoms with Gasteiger partial charge in [0.05, 0.1) is 12.1 Å². The van der Waals surface area contributed by atoms with E-state index in [2.05, 4.69) is 15.2 Å². The maximum absolute atomic E-state index is 5.88. The molecule has 3 aromatic rings. The Kier molecular flexibility index (Phi) is 3.41. The fourth-order valence-electron chi connectivity index (χ4n) is 1.94. The Bertz CT molecular complexity index is 730. The molecule has 20 heavy (non-hydrogen) atoms. The van der Waals surface area contributed by atoms with Gasteiger partial charge in [0.2, 0.25) is 0 Å². The van der Waals surface area contributed by atoms with Crippen LogP contribution in [-0.4, -0.2) is 21.8 Å². The highest BCUT2D eigenvalue weighted by atomic mass is 16.5. The van der Waals surface area contributed by atoms with E-state index in [0.29, 0.717) is 19.0 Å². The van der Waals surface area contributed by atoms with Gasteiger partial charge in [0.25, 0.3) is 0 Å². The molecule has 0 saturated carbocycles. The molecule has 0 radical (unpaired) electrons. The summed E-state index contributed by atoms with van der Waals surface area (Å²) in [4.78, 5) is 4.30. The molecule has 2 aromatic carbocycles. The van der Waals surface area contributed by atoms with Gasteiger partial charge in [-0.25, -0.2) is 0 Å². The number of rotatable bonds is 4. The Morgan fingerprint density at radius 3 is 2.50 bits per heavy atom. The first-order valence-corrected chi connectivity index (χ1v) is 6.38. The van der Waals surface area contributed by atoms with Gasteiger partial charge in [-0.2, -0.15) is 4.98 Å². The van der Waals surface area contributed by atoms with E-state index < -0.39 is 0 Å². The number of benzene rings is 2. The fourth-order valence-corrected chi connectivity index (χ4v) is 1.94. The molecular formula is C15H14N4O. The summed E-state index contributed by atoms with van der Waals surface area (Å²) in [5.74, 6) is 0. The van der Waals surface area contributed by atoms with Crippen molar-refractivity contribution in [2.24, 2.45) is 0 Å². The number of nitrogen functional groups attached to an aromatic ring is 1. The summed E-state index contributed by atoms with van der Waals surface area (Å²) >= 11 is 0. The maximum atomic E-state index is 5.88. The van der Waals surface area contributed by atoms with Gasteiger partial charge in [0.15, 0.2) is 0 Å². The summed E-state index contributed by atoms with van der Waals surface area (Å²) in [6.07, 6.45) is 0.711. The first kappa shape index (κ1) is 12.3. The predicted molar refractivity (Wildman–Crippen MR) is 77.4 cm³/mol. The van der Waals surface area contributed by atoms with E-state index in [-0.39, 0.29) is 0 Å². The van der Waals surface area contributed by atoms with Gasteiger partial charge in [-0.15, -0.1) is 5.10 Å². The van der Waals surface area contributed by atoms with E-state index in [4.69, 9.17) is 10.5 Å². The van der Waals surface area contributed by atoms with Gasteiger partial charge in [0.1, 0.15) is 5.52 Å². The summed E-state index contributed by atoms with van der Waals surface area (Å²) in [7, 11) is 0. The molecule has 0 aliphatic carbocycles. The quantitative estimate of drug-likeness (QED) is 0.733. The van der Waals surface area contributed by atoms with E-state index in [9.17, 15) is 0 Å². The minimum atomic E-state index is 0.290. The Labute approximate surface area is 116 Å². The predicted octanol–water partition coefficient (Wildman–Crippen LogP) is 2.23. The van der Waals surface area contributed by atoms with Gasteiger partial charge in [-0.1, -0.05) is 35.4 Å². The number of hydrogen-bond acceptors (Lipinski definition) is 5. The molecule has 1 heterocycles. The molecule has 5 heteroatoms. The van der Waals surface area contributed by atoms with Gasteiger partial charge in [0, 0.05) is 12.1 Å². The largest absolute Gasteiger partial charge is 0.462 e. The lowest BCUT2D eigenvalue weighted by molar-refractivity contribution is 0.294. The van der Waals surface area contributed by atoms with Crippen LogP contribution in [0, 0.1) is 0 Å². The zero-order valence-electron chi connectivity index (χ0n) is 10.9. The average Bonchev–Trinajstić information content (AvgIpc) is 2.49. The Hall–Kier alpha value is -2.69. The number of para-hydroxylation sites is 2. The van der Waals surface area contributed by atoms with Crippen molar-refractivity contribution in [3.05, 3.63) is 54.1 Å². The number of anilines is 1. The molecule has 0 aliphatic heterocycles. The number of nitrogens with two attached hydrogens (primary N) is 1. The summed E-state index contributed by atoms with van der Waals surface area (Å²) < 4.78 is 5.53. The van der Waals surface area contributed by atoms with Crippen molar-refractivity contribution in [1.29, 1.82) is 0 Å². The summed E-state index contributed by atoms with van der Waals surface area (Å²) in [5.41, 5.74) is 9.24. The number of hydrogen-bond donors (Lipinski definition) is 1. The molecule has 0 atom stereocenters. The Morgan fingerprint density at radius 1 is 0.900 bits per heavy atom. The minimum absolute atomic E-state index is 0.290. The van der Waals surface area contributed by atoms with E-state index in [1.165, 1.54) is 0 Å². The third-order valence-corrected chi connectivity index (χ3v) is 3.00. The van der Waals surface area contributed by atoms with E-state index >= 15 is 0 Å². The monoisotopic (exact) mass is 266 g/mol. The minimum Gasteiger partial charge on any atom is -0.462 e. The SMILES string of the molecule is Nc1ccccc1CCOc1nnc2ccccc2n1. The summed E-state index contributed by atoms with van der Waals surface area (Å²) in [5, 5.41) is 8.01. The van der Waals surface area contributed by atoms with Crippen molar-refractivity contribution in [2.75, 3.05) is 12.3 Å². The summed E-state index contributed by atoms with van der Waals surface area (Å²) in [6, 6.07) is 15.6. The highest BCUT2D eigenvalue weighted by Gasteiger charge is 2.03. The van der Waals surface area contributed by atoms with Gasteiger partial charge in [-0.3, -0.25) is 0 Å². The van der Waals surface area contributed by atoms with Crippen molar-refractivity contribution in [1.82, 2.24) is 15.2 Å². The van der Waals surface area contributed by atoms with Crippen LogP contribution in [0.15, 0.2) is 48.5 Å². The molecule has 2 N–H and O–H groups in total. The van der Waals surface area contributed by atoms with Crippen LogP contribution in [0.25, 0.3) is 11.0 Å². The normalized spacial score (nSPS) is 10.6. The van der Waals surface area contributed by atoms with Crippen LogP contribution in [0.2, 0.25) is 0 Å². The summed E-state index contributed by atoms with van der Waals surface area (Å²) in [6.45, 7) is 0.467. The Balaban J connectivity index is 1.67. The highest BCUT2D eigenvalue weighted by molar-refractivity contribution is 5.73. The standard InChI is InChI=1S/C15H14N4O/c16-12-6-2-1-5-11(12)9-10-20-15-17-13-7-3-4-8-14(13)18-19-15/h1-8H,9-10,16H2. The molecule has 0 amide bonds. The van der Waals surface area contributed by atoms with Crippen LogP contribution in [0.3, 0.4) is 0 Å². The smallest absolute Gasteiger partial charge is 0.336 e. The lowest BCUT2D eigenvalue weighted by atomic mass is 10.1. The first-order chi connectivity index (χ1) is 9.83. The number of aromatic nitrogens is 3. The number of ether oxygens (including phenoxy) is 1. The molecule has 0 spiro atoms. The molecule has 3 rings (SSSR count). The van der Waals surface area contributed by atoms with Crippen LogP contribution >= 0.6 is 0 Å². The lowest BCUT2D eigenvalue weighted by Gasteiger charge is -2.06. The van der Waals surface area contributed by atoms with E-state index in [1.54, 1.807) is 0 Å². The van der Waals surface area contributed by atoms with Crippen LogP contribution in [0.4, 0.5) is 5.69 Å². The van der Waals surface area contributed by atoms with Crippen molar-refractivity contribution in [2.45, 2.75) is 6.42 Å². The number of fused-ring (bicyclic) bond motifs is 1. The number of nitrogens with zero attached hydrogens (tertiary/aromatic N) is 3. The van der Waals surface area contributed by atoms with Crippen molar-refractivity contribution < 1.29 is 4.74 Å². The van der Waals surface area contributed by atoms with Crippen LogP contribution in [0.5, 0.6) is 6.01 Å².